The largest absolute Gasteiger partial charge is 2.00 e. The molecular formula is C6H15IN2O2Pt2. The third kappa shape index (κ3) is 56.3. The molecule has 0 radical (unpaired) electrons. The van der Waals surface area contributed by atoms with Crippen molar-refractivity contribution in [3.05, 3.63) is 11.5 Å². The maximum atomic E-state index is 9.41. The van der Waals surface area contributed by atoms with Crippen molar-refractivity contribution >= 4 is 24.0 Å². The van der Waals surface area contributed by atoms with E-state index in [4.69, 9.17) is 11.5 Å². The van der Waals surface area contributed by atoms with E-state index < -0.39 is 0 Å². The van der Waals surface area contributed by atoms with Crippen LogP contribution >= 0.6 is 24.0 Å². The molecule has 0 saturated heterocycles. The maximum absolute atomic E-state index is 9.41. The van der Waals surface area contributed by atoms with Gasteiger partial charge in [-0.2, -0.15) is 13.1 Å². The zero-order chi connectivity index (χ0) is 8.24. The average Bonchev–Trinajstić information content (AvgIpc) is 1.93. The summed E-state index contributed by atoms with van der Waals surface area (Å²) in [5.74, 6) is 0. The molecule has 13 heavy (non-hydrogen) atoms. The van der Waals surface area contributed by atoms with Gasteiger partial charge in [-0.1, -0.05) is 12.8 Å². The second kappa shape index (κ2) is 37.0. The summed E-state index contributed by atoms with van der Waals surface area (Å²) < 4.78 is 0. The Morgan fingerprint density at radius 3 is 1.00 bits per heavy atom. The van der Waals surface area contributed by atoms with E-state index in [1.165, 1.54) is 0 Å². The number of rotatable bonds is 4. The van der Waals surface area contributed by atoms with E-state index in [1.54, 1.807) is 0 Å². The molecule has 0 aromatic carbocycles. The van der Waals surface area contributed by atoms with Gasteiger partial charge in [0.25, 0.3) is 0 Å². The van der Waals surface area contributed by atoms with Crippen molar-refractivity contribution < 1.29 is 52.3 Å². The summed E-state index contributed by atoms with van der Waals surface area (Å²) in [6.07, 6.45) is 1.00. The molecule has 0 amide bonds. The molecule has 0 saturated carbocycles. The SMILES string of the molecule is I.[NH-]CCC[O-].[NH-]CCC[O-].[Pt+2].[Pt+2]. The number of hydrogen-bond acceptors (Lipinski definition) is 2. The summed E-state index contributed by atoms with van der Waals surface area (Å²) in [6, 6.07) is 0. The Balaban J connectivity index is -0.0000000267. The van der Waals surface area contributed by atoms with Gasteiger partial charge >= 0.3 is 42.1 Å². The first-order valence-electron chi connectivity index (χ1n) is 3.28. The maximum Gasteiger partial charge on any atom is 2.00 e. The van der Waals surface area contributed by atoms with Gasteiger partial charge in [0, 0.05) is 0 Å². The molecule has 88 valence electrons. The van der Waals surface area contributed by atoms with Crippen LogP contribution in [0.1, 0.15) is 12.8 Å². The molecule has 0 aliphatic carbocycles. The van der Waals surface area contributed by atoms with Gasteiger partial charge in [-0.25, -0.2) is 0 Å². The molecule has 0 fully saturated rings. The summed E-state index contributed by atoms with van der Waals surface area (Å²) in [5.41, 5.74) is 12.8. The minimum absolute atomic E-state index is 0. The van der Waals surface area contributed by atoms with Crippen LogP contribution in [0.4, 0.5) is 0 Å². The summed E-state index contributed by atoms with van der Waals surface area (Å²) in [5, 5.41) is 18.8. The molecule has 0 aromatic rings. The summed E-state index contributed by atoms with van der Waals surface area (Å²) in [4.78, 5) is 0. The van der Waals surface area contributed by atoms with Crippen LogP contribution in [0.3, 0.4) is 0 Å². The predicted molar refractivity (Wildman–Crippen MR) is 52.8 cm³/mol. The van der Waals surface area contributed by atoms with Crippen molar-refractivity contribution in [3.8, 4) is 0 Å². The van der Waals surface area contributed by atoms with E-state index in [9.17, 15) is 10.2 Å². The van der Waals surface area contributed by atoms with E-state index in [0.29, 0.717) is 12.8 Å². The molecule has 0 bridgehead atoms. The topological polar surface area (TPSA) is 93.7 Å². The average molecular weight is 664 g/mol. The molecule has 0 aromatic heterocycles. The van der Waals surface area contributed by atoms with Gasteiger partial charge in [-0.3, -0.25) is 0 Å². The summed E-state index contributed by atoms with van der Waals surface area (Å²) in [7, 11) is 0. The number of nitrogens with one attached hydrogen (secondary N) is 2. The standard InChI is InChI=1S/2C3H7NO.HI.2Pt/c2*4-2-1-3-5;;;/h2*4H,1-3H2;1H;;/q2*-2;;2*+2. The molecule has 0 aliphatic heterocycles. The Bertz CT molecular complexity index is 47.6. The van der Waals surface area contributed by atoms with Gasteiger partial charge in [0.1, 0.15) is 0 Å². The van der Waals surface area contributed by atoms with Gasteiger partial charge in [-0.05, 0) is 0 Å². The third-order valence-corrected chi connectivity index (χ3v) is 0.642. The van der Waals surface area contributed by atoms with E-state index >= 15 is 0 Å². The monoisotopic (exact) mass is 664 g/mol. The zero-order valence-electron chi connectivity index (χ0n) is 7.10. The van der Waals surface area contributed by atoms with E-state index in [2.05, 4.69) is 0 Å². The van der Waals surface area contributed by atoms with Crippen LogP contribution < -0.4 is 10.2 Å². The Hall–Kier alpha value is 1.95. The van der Waals surface area contributed by atoms with Crippen molar-refractivity contribution in [2.75, 3.05) is 26.3 Å². The molecular weight excluding hydrogens is 649 g/mol. The van der Waals surface area contributed by atoms with Crippen molar-refractivity contribution in [3.63, 3.8) is 0 Å². The van der Waals surface area contributed by atoms with Gasteiger partial charge in [0.05, 0.1) is 0 Å². The quantitative estimate of drug-likeness (QED) is 0.402. The van der Waals surface area contributed by atoms with Gasteiger partial charge in [0.15, 0.2) is 0 Å². The van der Waals surface area contributed by atoms with Crippen LogP contribution in [0.2, 0.25) is 0 Å². The molecule has 4 nitrogen and oxygen atoms in total. The fraction of sp³-hybridized carbons (Fsp3) is 1.00. The minimum atomic E-state index is -0.0938. The fourth-order valence-corrected chi connectivity index (χ4v) is 0.144. The van der Waals surface area contributed by atoms with Gasteiger partial charge < -0.3 is 21.7 Å². The Labute approximate surface area is 126 Å². The molecule has 0 rings (SSSR count). The first-order valence-corrected chi connectivity index (χ1v) is 3.28. The van der Waals surface area contributed by atoms with Crippen LogP contribution in [0.5, 0.6) is 0 Å². The van der Waals surface area contributed by atoms with E-state index in [1.807, 2.05) is 0 Å². The zero-order valence-corrected chi connectivity index (χ0v) is 14.0. The third-order valence-electron chi connectivity index (χ3n) is 0.642. The van der Waals surface area contributed by atoms with Crippen molar-refractivity contribution in [2.24, 2.45) is 0 Å². The number of halogens is 1. The predicted octanol–water partition coefficient (Wildman–Crippen LogP) is 0.191. The van der Waals surface area contributed by atoms with Crippen LogP contribution in [0.15, 0.2) is 0 Å². The van der Waals surface area contributed by atoms with E-state index in [0.717, 1.165) is 0 Å². The number of hydrogen-bond donors (Lipinski definition) is 0. The van der Waals surface area contributed by atoms with Crippen LogP contribution in [0.25, 0.3) is 11.5 Å². The Morgan fingerprint density at radius 1 is 0.769 bits per heavy atom. The molecule has 0 aliphatic rings. The van der Waals surface area contributed by atoms with Crippen molar-refractivity contribution in [2.45, 2.75) is 12.8 Å². The van der Waals surface area contributed by atoms with Crippen molar-refractivity contribution in [1.82, 2.24) is 0 Å². The van der Waals surface area contributed by atoms with Gasteiger partial charge in [-0.15, -0.1) is 37.2 Å². The first kappa shape index (κ1) is 29.4. The molecule has 0 heterocycles. The fourth-order valence-electron chi connectivity index (χ4n) is 0.144. The smallest absolute Gasteiger partial charge is 0.854 e. The van der Waals surface area contributed by atoms with E-state index in [-0.39, 0.29) is 92.4 Å². The van der Waals surface area contributed by atoms with Crippen LogP contribution in [0, 0.1) is 0 Å². The normalized spacial score (nSPS) is 6.46. The Kier molecular flexibility index (Phi) is 83.7. The second-order valence-electron chi connectivity index (χ2n) is 1.62. The van der Waals surface area contributed by atoms with Gasteiger partial charge in [0.2, 0.25) is 0 Å². The summed E-state index contributed by atoms with van der Waals surface area (Å²) >= 11 is 0. The molecule has 2 N–H and O–H groups in total. The molecule has 0 spiro atoms. The summed E-state index contributed by atoms with van der Waals surface area (Å²) in [6.45, 7) is 0.375. The first-order chi connectivity index (χ1) is 4.83. The molecule has 0 unspecified atom stereocenters. The van der Waals surface area contributed by atoms with Crippen molar-refractivity contribution in [1.29, 1.82) is 0 Å². The Morgan fingerprint density at radius 2 is 1.00 bits per heavy atom. The second-order valence-corrected chi connectivity index (χ2v) is 1.62. The van der Waals surface area contributed by atoms with Crippen LogP contribution in [-0.4, -0.2) is 26.3 Å². The van der Waals surface area contributed by atoms with Crippen LogP contribution in [-0.2, 0) is 42.1 Å². The minimum Gasteiger partial charge on any atom is -0.854 e. The molecule has 7 heteroatoms. The molecule has 0 atom stereocenters.